The van der Waals surface area contributed by atoms with Gasteiger partial charge in [-0.1, -0.05) is 54.6 Å². The predicted molar refractivity (Wildman–Crippen MR) is 80.5 cm³/mol. The summed E-state index contributed by atoms with van der Waals surface area (Å²) in [4.78, 5) is 2.12. The zero-order valence-electron chi connectivity index (χ0n) is 11.5. The first-order valence-corrected chi connectivity index (χ1v) is 6.47. The Hall–Kier alpha value is -1.68. The summed E-state index contributed by atoms with van der Waals surface area (Å²) in [5.74, 6) is 5.63. The Morgan fingerprint density at radius 3 is 2.05 bits per heavy atom. The van der Waals surface area contributed by atoms with E-state index in [0.29, 0.717) is 0 Å². The van der Waals surface area contributed by atoms with Crippen LogP contribution in [-0.4, -0.2) is 25.5 Å². The number of likely N-dealkylation sites (N-methyl/N-ethyl adjacent to an activating group) is 1. The van der Waals surface area contributed by atoms with E-state index in [9.17, 15) is 0 Å². The highest BCUT2D eigenvalue weighted by atomic mass is 15.3. The summed E-state index contributed by atoms with van der Waals surface area (Å²) in [5, 5.41) is 0. The van der Waals surface area contributed by atoms with Crippen molar-refractivity contribution in [1.82, 2.24) is 10.3 Å². The molecule has 0 saturated heterocycles. The van der Waals surface area contributed by atoms with Crippen LogP contribution < -0.4 is 11.3 Å². The van der Waals surface area contributed by atoms with Gasteiger partial charge in [0.1, 0.15) is 0 Å². The number of hydrogen-bond acceptors (Lipinski definition) is 3. The van der Waals surface area contributed by atoms with Crippen LogP contribution in [0.15, 0.2) is 54.6 Å². The van der Waals surface area contributed by atoms with Crippen molar-refractivity contribution in [3.63, 3.8) is 0 Å². The number of rotatable bonds is 5. The molecule has 100 valence electrons. The lowest BCUT2D eigenvalue weighted by molar-refractivity contribution is 0.344. The van der Waals surface area contributed by atoms with Crippen LogP contribution in [0.2, 0.25) is 0 Å². The minimum absolute atomic E-state index is 0.153. The predicted octanol–water partition coefficient (Wildman–Crippen LogP) is 2.42. The fourth-order valence-corrected chi connectivity index (χ4v) is 2.16. The van der Waals surface area contributed by atoms with Crippen LogP contribution in [0.3, 0.4) is 0 Å². The topological polar surface area (TPSA) is 41.3 Å². The molecule has 2 aromatic rings. The Bertz CT molecular complexity index is 491. The Balaban J connectivity index is 2.18. The molecule has 3 heteroatoms. The van der Waals surface area contributed by atoms with Crippen LogP contribution in [0.1, 0.15) is 11.6 Å². The van der Waals surface area contributed by atoms with Crippen LogP contribution in [0.5, 0.6) is 0 Å². The van der Waals surface area contributed by atoms with Crippen LogP contribution in [0.4, 0.5) is 0 Å². The molecule has 0 amide bonds. The first-order chi connectivity index (χ1) is 9.20. The van der Waals surface area contributed by atoms with Crippen LogP contribution in [-0.2, 0) is 0 Å². The van der Waals surface area contributed by atoms with E-state index in [2.05, 4.69) is 58.9 Å². The number of hydrazine groups is 1. The molecule has 0 aliphatic rings. The van der Waals surface area contributed by atoms with Gasteiger partial charge in [0.2, 0.25) is 0 Å². The van der Waals surface area contributed by atoms with Gasteiger partial charge in [0, 0.05) is 6.54 Å². The molecular formula is C16H21N3. The van der Waals surface area contributed by atoms with Gasteiger partial charge in [0.15, 0.2) is 0 Å². The first-order valence-electron chi connectivity index (χ1n) is 6.47. The molecule has 0 aliphatic heterocycles. The summed E-state index contributed by atoms with van der Waals surface area (Å²) in [5.41, 5.74) is 6.53. The molecule has 3 N–H and O–H groups in total. The van der Waals surface area contributed by atoms with Gasteiger partial charge in [0.05, 0.1) is 6.04 Å². The van der Waals surface area contributed by atoms with E-state index in [1.807, 2.05) is 20.2 Å². The smallest absolute Gasteiger partial charge is 0.0586 e. The Morgan fingerprint density at radius 1 is 0.947 bits per heavy atom. The van der Waals surface area contributed by atoms with E-state index in [4.69, 9.17) is 5.84 Å². The quantitative estimate of drug-likeness (QED) is 0.637. The van der Waals surface area contributed by atoms with Gasteiger partial charge >= 0.3 is 0 Å². The highest BCUT2D eigenvalue weighted by Gasteiger charge is 2.10. The zero-order chi connectivity index (χ0) is 13.7. The van der Waals surface area contributed by atoms with E-state index in [1.54, 1.807) is 0 Å². The van der Waals surface area contributed by atoms with Crippen molar-refractivity contribution in [3.05, 3.63) is 60.2 Å². The molecule has 0 aromatic heterocycles. The van der Waals surface area contributed by atoms with Crippen molar-refractivity contribution in [2.24, 2.45) is 5.84 Å². The molecule has 1 atom stereocenters. The van der Waals surface area contributed by atoms with Crippen LogP contribution >= 0.6 is 0 Å². The third-order valence-corrected chi connectivity index (χ3v) is 3.17. The molecule has 0 bridgehead atoms. The molecule has 2 rings (SSSR count). The van der Waals surface area contributed by atoms with Gasteiger partial charge in [-0.25, -0.2) is 0 Å². The Kier molecular flexibility index (Phi) is 4.68. The van der Waals surface area contributed by atoms with Gasteiger partial charge in [0.25, 0.3) is 0 Å². The fourth-order valence-electron chi connectivity index (χ4n) is 2.16. The molecule has 3 nitrogen and oxygen atoms in total. The fraction of sp³-hybridized carbons (Fsp3) is 0.250. The molecule has 0 heterocycles. The van der Waals surface area contributed by atoms with E-state index in [-0.39, 0.29) is 6.04 Å². The molecule has 2 aromatic carbocycles. The average Bonchev–Trinajstić information content (AvgIpc) is 2.46. The van der Waals surface area contributed by atoms with Gasteiger partial charge in [-0.05, 0) is 30.8 Å². The number of benzene rings is 2. The zero-order valence-corrected chi connectivity index (χ0v) is 11.5. The van der Waals surface area contributed by atoms with Crippen molar-refractivity contribution >= 4 is 0 Å². The number of nitrogens with one attached hydrogen (secondary N) is 1. The lowest BCUT2D eigenvalue weighted by atomic mass is 10.0. The van der Waals surface area contributed by atoms with Crippen LogP contribution in [0, 0.1) is 0 Å². The molecular weight excluding hydrogens is 234 g/mol. The molecule has 0 spiro atoms. The largest absolute Gasteiger partial charge is 0.307 e. The maximum absolute atomic E-state index is 5.63. The number of nitrogens with two attached hydrogens (primary N) is 1. The summed E-state index contributed by atoms with van der Waals surface area (Å²) >= 11 is 0. The maximum atomic E-state index is 5.63. The standard InChI is InChI=1S/C16H21N3/c1-19(2)12-16(18-17)15-10-8-14(9-11-15)13-6-4-3-5-7-13/h3-11,16,18H,12,17H2,1-2H3. The van der Waals surface area contributed by atoms with Crippen LogP contribution in [0.25, 0.3) is 11.1 Å². The van der Waals surface area contributed by atoms with Crippen molar-refractivity contribution in [1.29, 1.82) is 0 Å². The van der Waals surface area contributed by atoms with E-state index in [0.717, 1.165) is 6.54 Å². The summed E-state index contributed by atoms with van der Waals surface area (Å²) in [6.45, 7) is 0.876. The normalized spacial score (nSPS) is 12.6. The van der Waals surface area contributed by atoms with Crippen molar-refractivity contribution in [2.45, 2.75) is 6.04 Å². The summed E-state index contributed by atoms with van der Waals surface area (Å²) in [6.07, 6.45) is 0. The highest BCUT2D eigenvalue weighted by molar-refractivity contribution is 5.63. The van der Waals surface area contributed by atoms with Gasteiger partial charge in [-0.15, -0.1) is 0 Å². The highest BCUT2D eigenvalue weighted by Crippen LogP contribution is 2.21. The number of hydrogen-bond donors (Lipinski definition) is 2. The minimum Gasteiger partial charge on any atom is -0.307 e. The third kappa shape index (κ3) is 3.64. The summed E-state index contributed by atoms with van der Waals surface area (Å²) in [7, 11) is 4.09. The molecule has 0 saturated carbocycles. The summed E-state index contributed by atoms with van der Waals surface area (Å²) in [6, 6.07) is 19.1. The second-order valence-corrected chi connectivity index (χ2v) is 4.97. The Morgan fingerprint density at radius 2 is 1.53 bits per heavy atom. The van der Waals surface area contributed by atoms with Gasteiger partial charge in [-0.2, -0.15) is 0 Å². The van der Waals surface area contributed by atoms with Crippen molar-refractivity contribution in [3.8, 4) is 11.1 Å². The van der Waals surface area contributed by atoms with Gasteiger partial charge < -0.3 is 4.90 Å². The number of nitrogens with zero attached hydrogens (tertiary/aromatic N) is 1. The van der Waals surface area contributed by atoms with Crippen molar-refractivity contribution < 1.29 is 0 Å². The molecule has 0 radical (unpaired) electrons. The SMILES string of the molecule is CN(C)CC(NN)c1ccc(-c2ccccc2)cc1. The van der Waals surface area contributed by atoms with Gasteiger partial charge in [-0.3, -0.25) is 11.3 Å². The first kappa shape index (κ1) is 13.7. The summed E-state index contributed by atoms with van der Waals surface area (Å²) < 4.78 is 0. The second-order valence-electron chi connectivity index (χ2n) is 4.97. The molecule has 19 heavy (non-hydrogen) atoms. The lowest BCUT2D eigenvalue weighted by Crippen LogP contribution is -2.35. The molecule has 0 fully saturated rings. The third-order valence-electron chi connectivity index (χ3n) is 3.17. The minimum atomic E-state index is 0.153. The molecule has 1 unspecified atom stereocenters. The average molecular weight is 255 g/mol. The van der Waals surface area contributed by atoms with Crippen molar-refractivity contribution in [2.75, 3.05) is 20.6 Å². The monoisotopic (exact) mass is 255 g/mol. The maximum Gasteiger partial charge on any atom is 0.0586 e. The van der Waals surface area contributed by atoms with E-state index in [1.165, 1.54) is 16.7 Å². The second kappa shape index (κ2) is 6.48. The van der Waals surface area contributed by atoms with E-state index >= 15 is 0 Å². The van der Waals surface area contributed by atoms with E-state index < -0.39 is 0 Å². The Labute approximate surface area is 115 Å². The lowest BCUT2D eigenvalue weighted by Gasteiger charge is -2.20. The molecule has 0 aliphatic carbocycles.